The molecule has 2 aromatic rings. The molecule has 1 atom stereocenters. The molecule has 0 aromatic heterocycles. The van der Waals surface area contributed by atoms with E-state index in [-0.39, 0.29) is 5.56 Å². The summed E-state index contributed by atoms with van der Waals surface area (Å²) in [5.41, 5.74) is 6.21. The second-order valence-corrected chi connectivity index (χ2v) is 4.12. The van der Waals surface area contributed by atoms with Crippen LogP contribution in [0, 0.1) is 24.4 Å². The molecular formula is C14H12F3N. The van der Waals surface area contributed by atoms with Crippen molar-refractivity contribution >= 4 is 0 Å². The molecule has 0 saturated heterocycles. The van der Waals surface area contributed by atoms with Crippen LogP contribution in [0.5, 0.6) is 0 Å². The molecular weight excluding hydrogens is 239 g/mol. The van der Waals surface area contributed by atoms with Gasteiger partial charge in [0.1, 0.15) is 17.5 Å². The standard InChI is InChI=1S/C14H12F3N/c1-8-5-6-11(16)12(13(8)17)14(18)9-3-2-4-10(15)7-9/h2-7,14H,18H2,1H3. The van der Waals surface area contributed by atoms with E-state index in [2.05, 4.69) is 0 Å². The number of hydrogen-bond donors (Lipinski definition) is 1. The minimum Gasteiger partial charge on any atom is -0.320 e. The second kappa shape index (κ2) is 4.82. The fourth-order valence-corrected chi connectivity index (χ4v) is 1.83. The van der Waals surface area contributed by atoms with Gasteiger partial charge in [0.05, 0.1) is 6.04 Å². The normalized spacial score (nSPS) is 12.5. The monoisotopic (exact) mass is 251 g/mol. The molecule has 0 spiro atoms. The summed E-state index contributed by atoms with van der Waals surface area (Å²) in [6, 6.07) is 6.88. The first-order valence-electron chi connectivity index (χ1n) is 5.46. The first-order chi connectivity index (χ1) is 8.50. The van der Waals surface area contributed by atoms with Crippen LogP contribution in [0.15, 0.2) is 36.4 Å². The Kier molecular flexibility index (Phi) is 3.39. The number of hydrogen-bond acceptors (Lipinski definition) is 1. The van der Waals surface area contributed by atoms with Gasteiger partial charge in [0.2, 0.25) is 0 Å². The average Bonchev–Trinajstić information content (AvgIpc) is 2.34. The maximum absolute atomic E-state index is 13.9. The SMILES string of the molecule is Cc1ccc(F)c(C(N)c2cccc(F)c2)c1F. The largest absolute Gasteiger partial charge is 0.320 e. The fourth-order valence-electron chi connectivity index (χ4n) is 1.83. The quantitative estimate of drug-likeness (QED) is 0.869. The van der Waals surface area contributed by atoms with Gasteiger partial charge >= 0.3 is 0 Å². The zero-order chi connectivity index (χ0) is 13.3. The highest BCUT2D eigenvalue weighted by atomic mass is 19.1. The predicted octanol–water partition coefficient (Wildman–Crippen LogP) is 3.46. The van der Waals surface area contributed by atoms with E-state index < -0.39 is 23.5 Å². The molecule has 4 heteroatoms. The van der Waals surface area contributed by atoms with Crippen LogP contribution >= 0.6 is 0 Å². The van der Waals surface area contributed by atoms with Crippen LogP contribution in [0.4, 0.5) is 13.2 Å². The van der Waals surface area contributed by atoms with E-state index in [0.717, 1.165) is 6.07 Å². The van der Waals surface area contributed by atoms with Gasteiger partial charge in [0.15, 0.2) is 0 Å². The van der Waals surface area contributed by atoms with Crippen molar-refractivity contribution in [2.24, 2.45) is 5.73 Å². The Morgan fingerprint density at radius 1 is 1.06 bits per heavy atom. The van der Waals surface area contributed by atoms with Crippen LogP contribution in [-0.4, -0.2) is 0 Å². The van der Waals surface area contributed by atoms with Crippen molar-refractivity contribution in [3.63, 3.8) is 0 Å². The minimum atomic E-state index is -1.03. The van der Waals surface area contributed by atoms with Crippen molar-refractivity contribution in [1.29, 1.82) is 0 Å². The summed E-state index contributed by atoms with van der Waals surface area (Å²) < 4.78 is 40.6. The molecule has 0 aliphatic rings. The Morgan fingerprint density at radius 3 is 2.44 bits per heavy atom. The van der Waals surface area contributed by atoms with E-state index in [1.54, 1.807) is 0 Å². The molecule has 1 nitrogen and oxygen atoms in total. The Morgan fingerprint density at radius 2 is 1.78 bits per heavy atom. The molecule has 0 aliphatic heterocycles. The Hall–Kier alpha value is -1.81. The molecule has 2 N–H and O–H groups in total. The average molecular weight is 251 g/mol. The summed E-state index contributed by atoms with van der Waals surface area (Å²) in [6.07, 6.45) is 0. The maximum atomic E-state index is 13.9. The fraction of sp³-hybridized carbons (Fsp3) is 0.143. The summed E-state index contributed by atoms with van der Waals surface area (Å²) in [7, 11) is 0. The van der Waals surface area contributed by atoms with Gasteiger partial charge in [-0.15, -0.1) is 0 Å². The Bertz CT molecular complexity index is 581. The molecule has 0 fully saturated rings. The van der Waals surface area contributed by atoms with Crippen molar-refractivity contribution < 1.29 is 13.2 Å². The van der Waals surface area contributed by atoms with E-state index in [9.17, 15) is 13.2 Å². The molecule has 94 valence electrons. The van der Waals surface area contributed by atoms with E-state index in [1.807, 2.05) is 0 Å². The first kappa shape index (κ1) is 12.6. The summed E-state index contributed by atoms with van der Waals surface area (Å²) >= 11 is 0. The van der Waals surface area contributed by atoms with Crippen molar-refractivity contribution in [3.8, 4) is 0 Å². The van der Waals surface area contributed by atoms with Crippen molar-refractivity contribution in [3.05, 3.63) is 70.5 Å². The highest BCUT2D eigenvalue weighted by Crippen LogP contribution is 2.26. The lowest BCUT2D eigenvalue weighted by molar-refractivity contribution is 0.537. The Labute approximate surface area is 103 Å². The second-order valence-electron chi connectivity index (χ2n) is 4.12. The number of benzene rings is 2. The minimum absolute atomic E-state index is 0.236. The van der Waals surface area contributed by atoms with Gasteiger partial charge in [-0.2, -0.15) is 0 Å². The summed E-state index contributed by atoms with van der Waals surface area (Å²) in [5, 5.41) is 0. The summed E-state index contributed by atoms with van der Waals surface area (Å²) in [4.78, 5) is 0. The van der Waals surface area contributed by atoms with Crippen molar-refractivity contribution in [1.82, 2.24) is 0 Å². The molecule has 0 saturated carbocycles. The lowest BCUT2D eigenvalue weighted by atomic mass is 9.97. The van der Waals surface area contributed by atoms with Crippen molar-refractivity contribution in [2.75, 3.05) is 0 Å². The van der Waals surface area contributed by atoms with Crippen LogP contribution in [0.2, 0.25) is 0 Å². The highest BCUT2D eigenvalue weighted by molar-refractivity contribution is 5.36. The predicted molar refractivity (Wildman–Crippen MR) is 63.5 cm³/mol. The third kappa shape index (κ3) is 2.24. The van der Waals surface area contributed by atoms with Crippen LogP contribution in [0.25, 0.3) is 0 Å². The van der Waals surface area contributed by atoms with E-state index in [0.29, 0.717) is 11.1 Å². The molecule has 0 amide bonds. The smallest absolute Gasteiger partial charge is 0.134 e. The van der Waals surface area contributed by atoms with Gasteiger partial charge < -0.3 is 5.73 Å². The van der Waals surface area contributed by atoms with E-state index in [4.69, 9.17) is 5.73 Å². The number of aryl methyl sites for hydroxylation is 1. The molecule has 0 radical (unpaired) electrons. The number of halogens is 3. The molecule has 2 rings (SSSR count). The molecule has 1 unspecified atom stereocenters. The summed E-state index contributed by atoms with van der Waals surface area (Å²) in [6.45, 7) is 1.52. The van der Waals surface area contributed by atoms with Gasteiger partial charge in [0, 0.05) is 5.56 Å². The van der Waals surface area contributed by atoms with Gasteiger partial charge in [0.25, 0.3) is 0 Å². The van der Waals surface area contributed by atoms with Crippen LogP contribution in [0.3, 0.4) is 0 Å². The molecule has 0 heterocycles. The third-order valence-corrected chi connectivity index (χ3v) is 2.84. The van der Waals surface area contributed by atoms with Crippen LogP contribution in [-0.2, 0) is 0 Å². The van der Waals surface area contributed by atoms with E-state index in [1.165, 1.54) is 37.3 Å². The summed E-state index contributed by atoms with van der Waals surface area (Å²) in [5.74, 6) is -1.90. The maximum Gasteiger partial charge on any atom is 0.134 e. The lowest BCUT2D eigenvalue weighted by Gasteiger charge is -2.15. The lowest BCUT2D eigenvalue weighted by Crippen LogP contribution is -2.16. The van der Waals surface area contributed by atoms with Gasteiger partial charge in [-0.3, -0.25) is 0 Å². The van der Waals surface area contributed by atoms with Gasteiger partial charge in [-0.05, 0) is 36.2 Å². The highest BCUT2D eigenvalue weighted by Gasteiger charge is 2.20. The Balaban J connectivity index is 2.52. The van der Waals surface area contributed by atoms with Crippen LogP contribution < -0.4 is 5.73 Å². The first-order valence-corrected chi connectivity index (χ1v) is 5.46. The van der Waals surface area contributed by atoms with Crippen LogP contribution in [0.1, 0.15) is 22.7 Å². The molecule has 0 aliphatic carbocycles. The number of rotatable bonds is 2. The van der Waals surface area contributed by atoms with Gasteiger partial charge in [-0.1, -0.05) is 18.2 Å². The molecule has 0 bridgehead atoms. The molecule has 18 heavy (non-hydrogen) atoms. The topological polar surface area (TPSA) is 26.0 Å². The van der Waals surface area contributed by atoms with E-state index >= 15 is 0 Å². The zero-order valence-corrected chi connectivity index (χ0v) is 9.75. The van der Waals surface area contributed by atoms with Gasteiger partial charge in [-0.25, -0.2) is 13.2 Å². The zero-order valence-electron chi connectivity index (χ0n) is 9.75. The molecule has 2 aromatic carbocycles. The van der Waals surface area contributed by atoms with Crippen molar-refractivity contribution in [2.45, 2.75) is 13.0 Å². The third-order valence-electron chi connectivity index (χ3n) is 2.84. The number of nitrogens with two attached hydrogens (primary N) is 1.